The van der Waals surface area contributed by atoms with Gasteiger partial charge >= 0.3 is 5.97 Å². The average Bonchev–Trinajstić information content (AvgIpc) is 3.15. The van der Waals surface area contributed by atoms with Gasteiger partial charge in [0, 0.05) is 24.3 Å². The number of hydrogen-bond donors (Lipinski definition) is 1. The van der Waals surface area contributed by atoms with Crippen molar-refractivity contribution in [1.82, 2.24) is 0 Å². The zero-order valence-electron chi connectivity index (χ0n) is 16.9. The molecule has 0 radical (unpaired) electrons. The Hall–Kier alpha value is -3.66. The second kappa shape index (κ2) is 9.23. The molecule has 154 valence electrons. The molecule has 1 fully saturated rings. The monoisotopic (exact) mass is 405 g/mol. The minimum absolute atomic E-state index is 0.0510. The molecule has 0 spiro atoms. The van der Waals surface area contributed by atoms with Crippen LogP contribution in [0.3, 0.4) is 0 Å². The van der Waals surface area contributed by atoms with Crippen molar-refractivity contribution in [2.75, 3.05) is 16.8 Å². The van der Waals surface area contributed by atoms with Crippen molar-refractivity contribution in [3.8, 4) is 6.07 Å². The zero-order valence-corrected chi connectivity index (χ0v) is 16.9. The number of rotatable bonds is 6. The van der Waals surface area contributed by atoms with Gasteiger partial charge in [-0.05, 0) is 43.2 Å². The molecule has 30 heavy (non-hydrogen) atoms. The number of carbonyl (C=O) groups is 3. The van der Waals surface area contributed by atoms with Crippen molar-refractivity contribution in [3.63, 3.8) is 0 Å². The van der Waals surface area contributed by atoms with Gasteiger partial charge in [-0.25, -0.2) is 0 Å². The maximum Gasteiger partial charge on any atom is 0.312 e. The average molecular weight is 405 g/mol. The lowest BCUT2D eigenvalue weighted by Crippen LogP contribution is -2.33. The van der Waals surface area contributed by atoms with E-state index >= 15 is 0 Å². The molecule has 1 heterocycles. The number of esters is 1. The second-order valence-corrected chi connectivity index (χ2v) is 7.15. The summed E-state index contributed by atoms with van der Waals surface area (Å²) in [5, 5.41) is 11.6. The largest absolute Gasteiger partial charge is 0.452 e. The Morgan fingerprint density at radius 2 is 2.03 bits per heavy atom. The molecule has 1 aliphatic heterocycles. The van der Waals surface area contributed by atoms with E-state index in [1.54, 1.807) is 23.1 Å². The van der Waals surface area contributed by atoms with Crippen LogP contribution < -0.4 is 10.2 Å². The smallest absolute Gasteiger partial charge is 0.312 e. The summed E-state index contributed by atoms with van der Waals surface area (Å²) >= 11 is 0. The summed E-state index contributed by atoms with van der Waals surface area (Å²) in [7, 11) is 0. The van der Waals surface area contributed by atoms with E-state index in [1.165, 1.54) is 13.0 Å². The summed E-state index contributed by atoms with van der Waals surface area (Å²) in [4.78, 5) is 39.0. The van der Waals surface area contributed by atoms with Crippen LogP contribution in [0.4, 0.5) is 11.4 Å². The lowest BCUT2D eigenvalue weighted by molar-refractivity contribution is -0.157. The number of carbonyl (C=O) groups excluding carboxylic acids is 3. The van der Waals surface area contributed by atoms with Gasteiger partial charge in [0.25, 0.3) is 5.91 Å². The van der Waals surface area contributed by atoms with Gasteiger partial charge < -0.3 is 15.0 Å². The van der Waals surface area contributed by atoms with Gasteiger partial charge in [0.1, 0.15) is 0 Å². The van der Waals surface area contributed by atoms with Gasteiger partial charge in [0.05, 0.1) is 17.6 Å². The normalized spacial score (nSPS) is 16.6. The number of para-hydroxylation sites is 1. The van der Waals surface area contributed by atoms with E-state index in [2.05, 4.69) is 5.32 Å². The fourth-order valence-corrected chi connectivity index (χ4v) is 3.41. The molecule has 2 atom stereocenters. The van der Waals surface area contributed by atoms with Gasteiger partial charge in [-0.3, -0.25) is 14.4 Å². The van der Waals surface area contributed by atoms with Crippen molar-refractivity contribution in [1.29, 1.82) is 5.26 Å². The molecule has 7 nitrogen and oxygen atoms in total. The molecule has 2 amide bonds. The lowest BCUT2D eigenvalue weighted by Gasteiger charge is -2.20. The van der Waals surface area contributed by atoms with E-state index in [4.69, 9.17) is 10.00 Å². The van der Waals surface area contributed by atoms with E-state index in [0.29, 0.717) is 11.3 Å². The number of anilines is 2. The van der Waals surface area contributed by atoms with Crippen LogP contribution in [0, 0.1) is 17.2 Å². The second-order valence-electron chi connectivity index (χ2n) is 7.15. The summed E-state index contributed by atoms with van der Waals surface area (Å²) in [5.74, 6) is -1.84. The number of nitrogens with zero attached hydrogens (tertiary/aromatic N) is 2. The number of amides is 2. The van der Waals surface area contributed by atoms with Crippen LogP contribution in [0.1, 0.15) is 31.4 Å². The van der Waals surface area contributed by atoms with Gasteiger partial charge in [0.15, 0.2) is 6.10 Å². The lowest BCUT2D eigenvalue weighted by atomic mass is 10.1. The molecule has 1 saturated heterocycles. The quantitative estimate of drug-likeness (QED) is 0.745. The maximum absolute atomic E-state index is 12.6. The van der Waals surface area contributed by atoms with Crippen LogP contribution in [-0.2, 0) is 25.5 Å². The van der Waals surface area contributed by atoms with Crippen LogP contribution >= 0.6 is 0 Å². The SMILES string of the molecule is CCc1ccccc1N1C[C@@H](C(=O)O[C@@H](C)C(=O)Nc2cccc(C#N)c2)CC1=O. The zero-order chi connectivity index (χ0) is 21.7. The van der Waals surface area contributed by atoms with E-state index in [0.717, 1.165) is 17.7 Å². The third-order valence-corrected chi connectivity index (χ3v) is 5.04. The van der Waals surface area contributed by atoms with Gasteiger partial charge in [-0.2, -0.15) is 5.26 Å². The molecule has 7 heteroatoms. The minimum Gasteiger partial charge on any atom is -0.452 e. The summed E-state index contributed by atoms with van der Waals surface area (Å²) in [6, 6.07) is 16.1. The highest BCUT2D eigenvalue weighted by Crippen LogP contribution is 2.29. The Morgan fingerprint density at radius 3 is 2.77 bits per heavy atom. The maximum atomic E-state index is 12.6. The third kappa shape index (κ3) is 4.66. The summed E-state index contributed by atoms with van der Waals surface area (Å²) in [5.41, 5.74) is 2.70. The molecule has 0 aliphatic carbocycles. The Balaban J connectivity index is 1.61. The van der Waals surface area contributed by atoms with Crippen LogP contribution in [0.2, 0.25) is 0 Å². The van der Waals surface area contributed by atoms with E-state index in [1.807, 2.05) is 37.3 Å². The van der Waals surface area contributed by atoms with E-state index in [9.17, 15) is 14.4 Å². The third-order valence-electron chi connectivity index (χ3n) is 5.04. The highest BCUT2D eigenvalue weighted by molar-refractivity contribution is 6.01. The molecular weight excluding hydrogens is 382 g/mol. The topological polar surface area (TPSA) is 99.5 Å². The van der Waals surface area contributed by atoms with Crippen molar-refractivity contribution >= 4 is 29.2 Å². The van der Waals surface area contributed by atoms with Crippen molar-refractivity contribution in [2.45, 2.75) is 32.8 Å². The first-order valence-electron chi connectivity index (χ1n) is 9.82. The minimum atomic E-state index is -1.03. The predicted octanol–water partition coefficient (Wildman–Crippen LogP) is 3.04. The molecule has 2 aromatic carbocycles. The Bertz CT molecular complexity index is 1010. The van der Waals surface area contributed by atoms with E-state index < -0.39 is 23.9 Å². The van der Waals surface area contributed by atoms with E-state index in [-0.39, 0.29) is 18.9 Å². The number of benzene rings is 2. The first-order valence-corrected chi connectivity index (χ1v) is 9.82. The summed E-state index contributed by atoms with van der Waals surface area (Å²) < 4.78 is 5.32. The van der Waals surface area contributed by atoms with Crippen LogP contribution in [-0.4, -0.2) is 30.4 Å². The molecule has 1 N–H and O–H groups in total. The highest BCUT2D eigenvalue weighted by Gasteiger charge is 2.37. The highest BCUT2D eigenvalue weighted by atomic mass is 16.5. The number of aryl methyl sites for hydroxylation is 1. The Morgan fingerprint density at radius 1 is 1.27 bits per heavy atom. The molecule has 3 rings (SSSR count). The van der Waals surface area contributed by atoms with Crippen molar-refractivity contribution in [3.05, 3.63) is 59.7 Å². The molecular formula is C23H23N3O4. The molecule has 2 aromatic rings. The van der Waals surface area contributed by atoms with Gasteiger partial charge in [-0.1, -0.05) is 31.2 Å². The number of nitrogens with one attached hydrogen (secondary N) is 1. The van der Waals surface area contributed by atoms with Crippen LogP contribution in [0.5, 0.6) is 0 Å². The Kier molecular flexibility index (Phi) is 6.48. The van der Waals surface area contributed by atoms with Crippen LogP contribution in [0.15, 0.2) is 48.5 Å². The molecule has 0 aromatic heterocycles. The molecule has 0 unspecified atom stereocenters. The molecule has 0 bridgehead atoms. The van der Waals surface area contributed by atoms with Gasteiger partial charge in [0.2, 0.25) is 5.91 Å². The standard InChI is InChI=1S/C23H23N3O4/c1-3-17-8-4-5-10-20(17)26-14-18(12-21(26)27)23(29)30-15(2)22(28)25-19-9-6-7-16(11-19)13-24/h4-11,15,18H,3,12,14H2,1-2H3,(H,25,28)/t15-,18-/m0/s1. The summed E-state index contributed by atoms with van der Waals surface area (Å²) in [6.45, 7) is 3.72. The van der Waals surface area contributed by atoms with Gasteiger partial charge in [-0.15, -0.1) is 0 Å². The number of nitriles is 1. The first-order chi connectivity index (χ1) is 14.4. The predicted molar refractivity (Wildman–Crippen MR) is 112 cm³/mol. The fraction of sp³-hybridized carbons (Fsp3) is 0.304. The number of ether oxygens (including phenoxy) is 1. The van der Waals surface area contributed by atoms with Crippen molar-refractivity contribution < 1.29 is 19.1 Å². The Labute approximate surface area is 175 Å². The fourth-order valence-electron chi connectivity index (χ4n) is 3.41. The summed E-state index contributed by atoms with van der Waals surface area (Å²) in [6.07, 6.45) is -0.204. The number of hydrogen-bond acceptors (Lipinski definition) is 5. The first kappa shape index (κ1) is 21.1. The molecule has 0 saturated carbocycles. The molecule has 1 aliphatic rings. The van der Waals surface area contributed by atoms with Crippen LogP contribution in [0.25, 0.3) is 0 Å². The van der Waals surface area contributed by atoms with Crippen molar-refractivity contribution in [2.24, 2.45) is 5.92 Å².